The van der Waals surface area contributed by atoms with Crippen LogP contribution in [0, 0.1) is 13.8 Å². The van der Waals surface area contributed by atoms with Gasteiger partial charge in [0.1, 0.15) is 17.6 Å². The summed E-state index contributed by atoms with van der Waals surface area (Å²) < 4.78 is 5.37. The first-order valence-corrected chi connectivity index (χ1v) is 6.22. The third-order valence-corrected chi connectivity index (χ3v) is 3.28. The lowest BCUT2D eigenvalue weighted by molar-refractivity contribution is 0.453. The van der Waals surface area contributed by atoms with E-state index in [4.69, 9.17) is 4.42 Å². The fourth-order valence-electron chi connectivity index (χ4n) is 2.35. The van der Waals surface area contributed by atoms with Crippen LogP contribution in [0.4, 0.5) is 0 Å². The summed E-state index contributed by atoms with van der Waals surface area (Å²) in [6, 6.07) is 7.68. The van der Waals surface area contributed by atoms with E-state index >= 15 is 0 Å². The molecule has 1 aliphatic rings. The monoisotopic (exact) mass is 256 g/mol. The van der Waals surface area contributed by atoms with E-state index in [0.717, 1.165) is 28.1 Å². The summed E-state index contributed by atoms with van der Waals surface area (Å²) in [6.45, 7) is 3.92. The second-order valence-corrected chi connectivity index (χ2v) is 4.82. The predicted octanol–water partition coefficient (Wildman–Crippen LogP) is 2.79. The summed E-state index contributed by atoms with van der Waals surface area (Å²) in [6.07, 6.45) is 3.66. The van der Waals surface area contributed by atoms with Crippen LogP contribution in [-0.2, 0) is 0 Å². The molecule has 4 nitrogen and oxygen atoms in total. The van der Waals surface area contributed by atoms with Crippen LogP contribution < -0.4 is 10.9 Å². The van der Waals surface area contributed by atoms with Crippen molar-refractivity contribution in [2.45, 2.75) is 19.9 Å². The Labute approximate surface area is 111 Å². The first-order valence-electron chi connectivity index (χ1n) is 6.22. The Morgan fingerprint density at radius 1 is 1.26 bits per heavy atom. The molecule has 1 atom stereocenters. The smallest absolute Gasteiger partial charge is 0.127 e. The molecule has 0 spiro atoms. The Kier molecular flexibility index (Phi) is 2.80. The highest BCUT2D eigenvalue weighted by atomic mass is 16.3. The van der Waals surface area contributed by atoms with Gasteiger partial charge in [0.15, 0.2) is 0 Å². The van der Waals surface area contributed by atoms with Gasteiger partial charge >= 0.3 is 0 Å². The van der Waals surface area contributed by atoms with Crippen LogP contribution in [0.2, 0.25) is 0 Å². The Balaban J connectivity index is 1.98. The first kappa shape index (κ1) is 11.9. The Hall–Kier alpha value is -2.20. The lowest BCUT2D eigenvalue weighted by atomic mass is 10.0. The van der Waals surface area contributed by atoms with E-state index in [9.17, 15) is 5.11 Å². The number of rotatable bonds is 2. The van der Waals surface area contributed by atoms with Gasteiger partial charge in [-0.2, -0.15) is 0 Å². The van der Waals surface area contributed by atoms with E-state index in [0.29, 0.717) is 5.75 Å². The number of aryl methyl sites for hydroxylation is 2. The molecule has 0 saturated carbocycles. The zero-order valence-electron chi connectivity index (χ0n) is 10.9. The average Bonchev–Trinajstić information content (AvgIpc) is 3.03. The van der Waals surface area contributed by atoms with Gasteiger partial charge in [0, 0.05) is 5.56 Å². The SMILES string of the molecule is Cc1cc(C)c(O)c(C2=C[C@H](c3ccco3)NN2)c1. The highest BCUT2D eigenvalue weighted by Crippen LogP contribution is 2.32. The number of furan rings is 1. The van der Waals surface area contributed by atoms with Gasteiger partial charge in [0.05, 0.1) is 12.0 Å². The Morgan fingerprint density at radius 3 is 2.84 bits per heavy atom. The number of hydrogen-bond donors (Lipinski definition) is 3. The molecule has 0 bridgehead atoms. The van der Waals surface area contributed by atoms with Gasteiger partial charge in [0.2, 0.25) is 0 Å². The zero-order chi connectivity index (χ0) is 13.4. The number of hydrazine groups is 1. The van der Waals surface area contributed by atoms with Gasteiger partial charge in [0.25, 0.3) is 0 Å². The summed E-state index contributed by atoms with van der Waals surface area (Å²) >= 11 is 0. The average molecular weight is 256 g/mol. The van der Waals surface area contributed by atoms with Crippen molar-refractivity contribution in [1.29, 1.82) is 0 Å². The van der Waals surface area contributed by atoms with Crippen LogP contribution in [0.3, 0.4) is 0 Å². The van der Waals surface area contributed by atoms with E-state index in [1.54, 1.807) is 6.26 Å². The summed E-state index contributed by atoms with van der Waals surface area (Å²) in [5, 5.41) is 10.2. The lowest BCUT2D eigenvalue weighted by Gasteiger charge is -2.10. The fraction of sp³-hybridized carbons (Fsp3) is 0.200. The standard InChI is InChI=1S/C15H16N2O2/c1-9-6-10(2)15(18)11(7-9)12-8-13(17-16-12)14-4-3-5-19-14/h3-8,13,16-18H,1-2H3/t13-/m1/s1. The molecule has 2 heterocycles. The van der Waals surface area contributed by atoms with Crippen molar-refractivity contribution in [2.75, 3.05) is 0 Å². The number of nitrogens with one attached hydrogen (secondary N) is 2. The molecule has 0 aliphatic carbocycles. The van der Waals surface area contributed by atoms with Gasteiger partial charge in [-0.1, -0.05) is 6.07 Å². The van der Waals surface area contributed by atoms with Crippen LogP contribution in [0.15, 0.2) is 41.0 Å². The van der Waals surface area contributed by atoms with Gasteiger partial charge in [-0.05, 0) is 49.2 Å². The highest BCUT2D eigenvalue weighted by Gasteiger charge is 2.21. The molecule has 98 valence electrons. The second kappa shape index (κ2) is 4.48. The van der Waals surface area contributed by atoms with E-state index in [-0.39, 0.29) is 6.04 Å². The van der Waals surface area contributed by atoms with Gasteiger partial charge in [-0.3, -0.25) is 0 Å². The van der Waals surface area contributed by atoms with E-state index in [1.165, 1.54) is 0 Å². The normalized spacial score (nSPS) is 18.2. The summed E-state index contributed by atoms with van der Waals surface area (Å²) in [5.74, 6) is 1.15. The molecule has 19 heavy (non-hydrogen) atoms. The highest BCUT2D eigenvalue weighted by molar-refractivity contribution is 5.72. The summed E-state index contributed by atoms with van der Waals surface area (Å²) in [5.41, 5.74) is 9.89. The number of phenolic OH excluding ortho intramolecular Hbond substituents is 1. The largest absolute Gasteiger partial charge is 0.507 e. The molecule has 0 unspecified atom stereocenters. The van der Waals surface area contributed by atoms with Crippen molar-refractivity contribution in [3.05, 3.63) is 59.1 Å². The van der Waals surface area contributed by atoms with Gasteiger partial charge in [-0.15, -0.1) is 0 Å². The van der Waals surface area contributed by atoms with Crippen molar-refractivity contribution in [2.24, 2.45) is 0 Å². The van der Waals surface area contributed by atoms with Gasteiger partial charge in [-0.25, -0.2) is 5.43 Å². The van der Waals surface area contributed by atoms with Crippen LogP contribution in [0.25, 0.3) is 5.70 Å². The third kappa shape index (κ3) is 2.11. The number of phenols is 1. The molecule has 1 aromatic carbocycles. The van der Waals surface area contributed by atoms with Crippen LogP contribution >= 0.6 is 0 Å². The molecule has 4 heteroatoms. The molecule has 1 aromatic heterocycles. The maximum Gasteiger partial charge on any atom is 0.127 e. The zero-order valence-corrected chi connectivity index (χ0v) is 10.9. The molecule has 0 fully saturated rings. The van der Waals surface area contributed by atoms with Crippen molar-refractivity contribution < 1.29 is 9.52 Å². The molecular formula is C15H16N2O2. The molecule has 0 radical (unpaired) electrons. The minimum atomic E-state index is -0.0229. The maximum absolute atomic E-state index is 10.2. The maximum atomic E-state index is 10.2. The quantitative estimate of drug-likeness (QED) is 0.773. The summed E-state index contributed by atoms with van der Waals surface area (Å²) in [7, 11) is 0. The number of hydrogen-bond acceptors (Lipinski definition) is 4. The van der Waals surface area contributed by atoms with Crippen LogP contribution in [-0.4, -0.2) is 5.11 Å². The molecule has 0 saturated heterocycles. The second-order valence-electron chi connectivity index (χ2n) is 4.82. The molecule has 0 amide bonds. The predicted molar refractivity (Wildman–Crippen MR) is 73.3 cm³/mol. The first-order chi connectivity index (χ1) is 9.15. The van der Waals surface area contributed by atoms with E-state index in [1.807, 2.05) is 44.2 Å². The molecule has 3 N–H and O–H groups in total. The summed E-state index contributed by atoms with van der Waals surface area (Å²) in [4.78, 5) is 0. The number of benzene rings is 1. The van der Waals surface area contributed by atoms with Crippen molar-refractivity contribution in [3.63, 3.8) is 0 Å². The minimum Gasteiger partial charge on any atom is -0.507 e. The third-order valence-electron chi connectivity index (χ3n) is 3.28. The Morgan fingerprint density at radius 2 is 2.11 bits per heavy atom. The van der Waals surface area contributed by atoms with Gasteiger partial charge < -0.3 is 14.9 Å². The minimum absolute atomic E-state index is 0.0229. The fourth-order valence-corrected chi connectivity index (χ4v) is 2.35. The number of aromatic hydroxyl groups is 1. The van der Waals surface area contributed by atoms with Crippen LogP contribution in [0.1, 0.15) is 28.5 Å². The van der Waals surface area contributed by atoms with E-state index < -0.39 is 0 Å². The van der Waals surface area contributed by atoms with Crippen molar-refractivity contribution in [1.82, 2.24) is 10.9 Å². The molecule has 2 aromatic rings. The van der Waals surface area contributed by atoms with Crippen molar-refractivity contribution in [3.8, 4) is 5.75 Å². The van der Waals surface area contributed by atoms with E-state index in [2.05, 4.69) is 10.9 Å². The lowest BCUT2D eigenvalue weighted by Crippen LogP contribution is -2.26. The topological polar surface area (TPSA) is 57.4 Å². The molecule has 3 rings (SSSR count). The molecular weight excluding hydrogens is 240 g/mol. The van der Waals surface area contributed by atoms with Crippen molar-refractivity contribution >= 4 is 5.70 Å². The molecule has 1 aliphatic heterocycles. The Bertz CT molecular complexity index is 630. The van der Waals surface area contributed by atoms with Crippen LogP contribution in [0.5, 0.6) is 5.75 Å².